The Morgan fingerprint density at radius 2 is 2.14 bits per heavy atom. The summed E-state index contributed by atoms with van der Waals surface area (Å²) in [6, 6.07) is 0.563. The summed E-state index contributed by atoms with van der Waals surface area (Å²) in [6.45, 7) is 4.26. The Labute approximate surface area is 127 Å². The molecule has 1 aromatic rings. The van der Waals surface area contributed by atoms with Gasteiger partial charge in [-0.1, -0.05) is 11.3 Å². The fraction of sp³-hybridized carbons (Fsp3) is 0.615. The molecule has 0 saturated heterocycles. The molecule has 0 aromatic carbocycles. The Hall–Kier alpha value is -1.83. The monoisotopic (exact) mass is 311 g/mol. The Kier molecular flexibility index (Phi) is 5.00. The smallest absolute Gasteiger partial charge is 0.265 e. The normalized spacial score (nSPS) is 14.0. The molecule has 1 aliphatic rings. The lowest BCUT2D eigenvalue weighted by Gasteiger charge is -2.05. The maximum Gasteiger partial charge on any atom is 0.265 e. The first kappa shape index (κ1) is 15.6. The van der Waals surface area contributed by atoms with E-state index in [4.69, 9.17) is 5.73 Å². The topological polar surface area (TPSA) is 109 Å². The van der Waals surface area contributed by atoms with E-state index in [-0.39, 0.29) is 30.1 Å². The van der Waals surface area contributed by atoms with Crippen LogP contribution in [0, 0.1) is 0 Å². The van der Waals surface area contributed by atoms with Gasteiger partial charge in [0.15, 0.2) is 5.13 Å². The number of nitrogens with two attached hydrogens (primary N) is 1. The second-order valence-electron chi connectivity index (χ2n) is 5.38. The molecule has 5 N–H and O–H groups in total. The summed E-state index contributed by atoms with van der Waals surface area (Å²) in [6.07, 6.45) is 2.39. The van der Waals surface area contributed by atoms with Gasteiger partial charge in [-0.05, 0) is 26.7 Å². The average Bonchev–Trinajstić information content (AvgIpc) is 3.11. The molecule has 7 nitrogen and oxygen atoms in total. The van der Waals surface area contributed by atoms with Crippen LogP contribution in [0.25, 0.3) is 0 Å². The second kappa shape index (κ2) is 6.75. The number of hydrogen-bond donors (Lipinski definition) is 4. The van der Waals surface area contributed by atoms with E-state index in [2.05, 4.69) is 20.9 Å². The molecule has 0 unspecified atom stereocenters. The van der Waals surface area contributed by atoms with Crippen LogP contribution in [-0.4, -0.2) is 35.4 Å². The van der Waals surface area contributed by atoms with Gasteiger partial charge >= 0.3 is 0 Å². The first-order valence-electron chi connectivity index (χ1n) is 7.06. The maximum absolute atomic E-state index is 12.0. The van der Waals surface area contributed by atoms with Crippen molar-refractivity contribution in [1.82, 2.24) is 15.6 Å². The van der Waals surface area contributed by atoms with Crippen LogP contribution >= 0.6 is 11.3 Å². The molecule has 2 rings (SSSR count). The van der Waals surface area contributed by atoms with E-state index in [1.807, 2.05) is 13.8 Å². The van der Waals surface area contributed by atoms with Crippen molar-refractivity contribution in [2.45, 2.75) is 45.2 Å². The zero-order chi connectivity index (χ0) is 15.4. The van der Waals surface area contributed by atoms with Crippen molar-refractivity contribution < 1.29 is 9.59 Å². The summed E-state index contributed by atoms with van der Waals surface area (Å²) in [5.74, 6) is -0.110. The molecule has 2 amide bonds. The van der Waals surface area contributed by atoms with Gasteiger partial charge in [-0.2, -0.15) is 0 Å². The van der Waals surface area contributed by atoms with Gasteiger partial charge in [0.25, 0.3) is 5.91 Å². The standard InChI is InChI=1S/C13H21N5O2S/c1-7(2)16-13-18-11(14)10(21-13)12(20)15-6-5-9(19)17-8-3-4-8/h7-8H,3-6,14H2,1-2H3,(H,15,20)(H,16,18)(H,17,19). The molecule has 21 heavy (non-hydrogen) atoms. The molecule has 1 saturated carbocycles. The third-order valence-electron chi connectivity index (χ3n) is 2.85. The highest BCUT2D eigenvalue weighted by Gasteiger charge is 2.23. The first-order valence-corrected chi connectivity index (χ1v) is 7.87. The van der Waals surface area contributed by atoms with Gasteiger partial charge in [0.1, 0.15) is 10.7 Å². The van der Waals surface area contributed by atoms with E-state index in [0.29, 0.717) is 22.6 Å². The average molecular weight is 311 g/mol. The largest absolute Gasteiger partial charge is 0.382 e. The molecule has 0 atom stereocenters. The van der Waals surface area contributed by atoms with Crippen LogP contribution in [0.15, 0.2) is 0 Å². The third kappa shape index (κ3) is 4.89. The van der Waals surface area contributed by atoms with Gasteiger partial charge in [0.05, 0.1) is 0 Å². The summed E-state index contributed by atoms with van der Waals surface area (Å²) in [5.41, 5.74) is 5.74. The van der Waals surface area contributed by atoms with Crippen LogP contribution in [-0.2, 0) is 4.79 Å². The summed E-state index contributed by atoms with van der Waals surface area (Å²) < 4.78 is 0. The van der Waals surface area contributed by atoms with Crippen molar-refractivity contribution in [1.29, 1.82) is 0 Å². The molecule has 0 spiro atoms. The number of anilines is 2. The van der Waals surface area contributed by atoms with Gasteiger partial charge in [-0.3, -0.25) is 9.59 Å². The zero-order valence-electron chi connectivity index (χ0n) is 12.2. The lowest BCUT2D eigenvalue weighted by Crippen LogP contribution is -2.31. The summed E-state index contributed by atoms with van der Waals surface area (Å²) in [5, 5.41) is 9.29. The minimum atomic E-state index is -0.291. The van der Waals surface area contributed by atoms with Crippen molar-refractivity contribution in [3.63, 3.8) is 0 Å². The number of carbonyl (C=O) groups is 2. The number of hydrogen-bond acceptors (Lipinski definition) is 6. The van der Waals surface area contributed by atoms with Crippen molar-refractivity contribution in [2.75, 3.05) is 17.6 Å². The molecular formula is C13H21N5O2S. The van der Waals surface area contributed by atoms with Gasteiger partial charge in [0.2, 0.25) is 5.91 Å². The van der Waals surface area contributed by atoms with Crippen LogP contribution in [0.2, 0.25) is 0 Å². The fourth-order valence-corrected chi connectivity index (χ4v) is 2.65. The molecule has 116 valence electrons. The molecule has 1 aromatic heterocycles. The molecule has 0 radical (unpaired) electrons. The number of nitrogen functional groups attached to an aromatic ring is 1. The Morgan fingerprint density at radius 1 is 1.43 bits per heavy atom. The highest BCUT2D eigenvalue weighted by molar-refractivity contribution is 7.18. The molecule has 1 heterocycles. The maximum atomic E-state index is 12.0. The number of nitrogens with zero attached hydrogens (tertiary/aromatic N) is 1. The molecule has 1 fully saturated rings. The Morgan fingerprint density at radius 3 is 2.76 bits per heavy atom. The van der Waals surface area contributed by atoms with Crippen LogP contribution in [0.3, 0.4) is 0 Å². The van der Waals surface area contributed by atoms with Crippen molar-refractivity contribution >= 4 is 34.1 Å². The predicted octanol–water partition coefficient (Wildman–Crippen LogP) is 0.944. The van der Waals surface area contributed by atoms with Crippen LogP contribution in [0.5, 0.6) is 0 Å². The molecular weight excluding hydrogens is 290 g/mol. The van der Waals surface area contributed by atoms with Gasteiger partial charge in [0, 0.05) is 25.0 Å². The minimum absolute atomic E-state index is 0.0303. The van der Waals surface area contributed by atoms with Crippen LogP contribution < -0.4 is 21.7 Å². The quantitative estimate of drug-likeness (QED) is 0.599. The van der Waals surface area contributed by atoms with Crippen molar-refractivity contribution in [3.8, 4) is 0 Å². The number of nitrogens with one attached hydrogen (secondary N) is 3. The fourth-order valence-electron chi connectivity index (χ4n) is 1.70. The number of aromatic nitrogens is 1. The van der Waals surface area contributed by atoms with E-state index in [1.165, 1.54) is 11.3 Å². The molecule has 0 aliphatic heterocycles. The van der Waals surface area contributed by atoms with Gasteiger partial charge < -0.3 is 21.7 Å². The van der Waals surface area contributed by atoms with Crippen molar-refractivity contribution in [2.24, 2.45) is 0 Å². The van der Waals surface area contributed by atoms with Gasteiger partial charge in [-0.15, -0.1) is 0 Å². The van der Waals surface area contributed by atoms with Gasteiger partial charge in [-0.25, -0.2) is 4.98 Å². The van der Waals surface area contributed by atoms with Crippen molar-refractivity contribution in [3.05, 3.63) is 4.88 Å². The highest BCUT2D eigenvalue weighted by Crippen LogP contribution is 2.25. The predicted molar refractivity (Wildman–Crippen MR) is 83.4 cm³/mol. The zero-order valence-corrected chi connectivity index (χ0v) is 13.0. The highest BCUT2D eigenvalue weighted by atomic mass is 32.1. The SMILES string of the molecule is CC(C)Nc1nc(N)c(C(=O)NCCC(=O)NC2CC2)s1. The van der Waals surface area contributed by atoms with E-state index in [0.717, 1.165) is 12.8 Å². The summed E-state index contributed by atoms with van der Waals surface area (Å²) in [7, 11) is 0. The molecule has 0 bridgehead atoms. The first-order chi connectivity index (χ1) is 9.95. The second-order valence-corrected chi connectivity index (χ2v) is 6.38. The summed E-state index contributed by atoms with van der Waals surface area (Å²) >= 11 is 1.22. The van der Waals surface area contributed by atoms with E-state index in [1.54, 1.807) is 0 Å². The van der Waals surface area contributed by atoms with E-state index in [9.17, 15) is 9.59 Å². The van der Waals surface area contributed by atoms with Crippen LogP contribution in [0.1, 0.15) is 42.8 Å². The molecule has 1 aliphatic carbocycles. The van der Waals surface area contributed by atoms with E-state index >= 15 is 0 Å². The number of rotatable bonds is 7. The Bertz CT molecular complexity index is 525. The number of thiazole rings is 1. The third-order valence-corrected chi connectivity index (χ3v) is 3.85. The number of carbonyl (C=O) groups excluding carboxylic acids is 2. The lowest BCUT2D eigenvalue weighted by atomic mass is 10.3. The lowest BCUT2D eigenvalue weighted by molar-refractivity contribution is -0.121. The summed E-state index contributed by atoms with van der Waals surface area (Å²) in [4.78, 5) is 28.0. The number of amides is 2. The molecule has 8 heteroatoms. The minimum Gasteiger partial charge on any atom is -0.382 e. The Balaban J connectivity index is 1.79. The van der Waals surface area contributed by atoms with Crippen LogP contribution in [0.4, 0.5) is 10.9 Å². The van der Waals surface area contributed by atoms with E-state index < -0.39 is 0 Å².